The summed E-state index contributed by atoms with van der Waals surface area (Å²) in [6, 6.07) is 13.8. The van der Waals surface area contributed by atoms with Gasteiger partial charge in [0.2, 0.25) is 10.0 Å². The van der Waals surface area contributed by atoms with Crippen LogP contribution in [0.15, 0.2) is 53.4 Å². The maximum atomic E-state index is 11.4. The molecule has 4 nitrogen and oxygen atoms in total. The van der Waals surface area contributed by atoms with Gasteiger partial charge in [-0.3, -0.25) is 0 Å². The highest BCUT2D eigenvalue weighted by Gasteiger charge is 2.12. The van der Waals surface area contributed by atoms with Crippen LogP contribution < -0.4 is 10.5 Å². The Kier molecular flexibility index (Phi) is 4.32. The molecule has 0 saturated carbocycles. The number of benzene rings is 2. The fourth-order valence-electron chi connectivity index (χ4n) is 1.86. The van der Waals surface area contributed by atoms with Crippen molar-refractivity contribution in [3.8, 4) is 0 Å². The average molecular weight is 311 g/mol. The number of nitrogens with two attached hydrogens (primary N) is 1. The quantitative estimate of drug-likeness (QED) is 0.911. The van der Waals surface area contributed by atoms with E-state index >= 15 is 0 Å². The lowest BCUT2D eigenvalue weighted by molar-refractivity contribution is 0.597. The molecule has 3 N–H and O–H groups in total. The van der Waals surface area contributed by atoms with Gasteiger partial charge in [-0.25, -0.2) is 13.6 Å². The number of primary sulfonamides is 1. The van der Waals surface area contributed by atoms with Crippen molar-refractivity contribution in [3.63, 3.8) is 0 Å². The third-order valence-electron chi connectivity index (χ3n) is 2.93. The summed E-state index contributed by atoms with van der Waals surface area (Å²) < 4.78 is 22.7. The van der Waals surface area contributed by atoms with Crippen molar-refractivity contribution in [2.45, 2.75) is 17.9 Å². The van der Waals surface area contributed by atoms with Gasteiger partial charge < -0.3 is 5.32 Å². The number of sulfonamides is 1. The summed E-state index contributed by atoms with van der Waals surface area (Å²) in [7, 11) is -3.69. The number of halogens is 1. The molecular formula is C14H15ClN2O2S. The molecule has 0 spiro atoms. The first-order valence-corrected chi connectivity index (χ1v) is 7.94. The molecule has 2 aromatic rings. The van der Waals surface area contributed by atoms with E-state index in [0.717, 1.165) is 11.3 Å². The molecule has 0 saturated heterocycles. The average Bonchev–Trinajstić information content (AvgIpc) is 2.40. The summed E-state index contributed by atoms with van der Waals surface area (Å²) in [4.78, 5) is 0.0998. The lowest BCUT2D eigenvalue weighted by Crippen LogP contribution is -2.13. The number of hydrogen-bond acceptors (Lipinski definition) is 3. The van der Waals surface area contributed by atoms with Crippen LogP contribution in [0.1, 0.15) is 18.5 Å². The molecule has 0 radical (unpaired) electrons. The summed E-state index contributed by atoms with van der Waals surface area (Å²) in [6.45, 7) is 1.92. The normalized spacial score (nSPS) is 12.9. The molecule has 6 heteroatoms. The topological polar surface area (TPSA) is 72.2 Å². The lowest BCUT2D eigenvalue weighted by Gasteiger charge is -2.17. The van der Waals surface area contributed by atoms with Gasteiger partial charge >= 0.3 is 0 Å². The van der Waals surface area contributed by atoms with E-state index in [2.05, 4.69) is 5.32 Å². The SMILES string of the molecule is CC(Nc1ccccc1Cl)c1cccc(S(N)(=O)=O)c1. The Hall–Kier alpha value is -1.56. The Morgan fingerprint density at radius 1 is 1.15 bits per heavy atom. The van der Waals surface area contributed by atoms with Crippen molar-refractivity contribution in [2.75, 3.05) is 5.32 Å². The van der Waals surface area contributed by atoms with Crippen LogP contribution in [-0.4, -0.2) is 8.42 Å². The van der Waals surface area contributed by atoms with E-state index in [1.165, 1.54) is 6.07 Å². The maximum absolute atomic E-state index is 11.4. The van der Waals surface area contributed by atoms with Crippen LogP contribution in [0.5, 0.6) is 0 Å². The van der Waals surface area contributed by atoms with Crippen molar-refractivity contribution in [2.24, 2.45) is 5.14 Å². The third kappa shape index (κ3) is 3.50. The van der Waals surface area contributed by atoms with Crippen molar-refractivity contribution in [1.82, 2.24) is 0 Å². The van der Waals surface area contributed by atoms with Gasteiger partial charge in [0, 0.05) is 6.04 Å². The molecule has 0 amide bonds. The van der Waals surface area contributed by atoms with Gasteiger partial charge in [-0.15, -0.1) is 0 Å². The summed E-state index contributed by atoms with van der Waals surface area (Å²) in [5.74, 6) is 0. The molecule has 0 aliphatic heterocycles. The molecule has 0 heterocycles. The van der Waals surface area contributed by atoms with E-state index in [1.54, 1.807) is 18.2 Å². The summed E-state index contributed by atoms with van der Waals surface area (Å²) in [5.41, 5.74) is 1.61. The van der Waals surface area contributed by atoms with E-state index in [-0.39, 0.29) is 10.9 Å². The van der Waals surface area contributed by atoms with Gasteiger partial charge in [0.05, 0.1) is 15.6 Å². The van der Waals surface area contributed by atoms with Crippen molar-refractivity contribution in [1.29, 1.82) is 0 Å². The maximum Gasteiger partial charge on any atom is 0.238 e. The molecule has 0 fully saturated rings. The molecule has 1 atom stereocenters. The van der Waals surface area contributed by atoms with Gasteiger partial charge in [-0.2, -0.15) is 0 Å². The highest BCUT2D eigenvalue weighted by atomic mass is 35.5. The van der Waals surface area contributed by atoms with Crippen LogP contribution in [0, 0.1) is 0 Å². The van der Waals surface area contributed by atoms with E-state index in [9.17, 15) is 8.42 Å². The monoisotopic (exact) mass is 310 g/mol. The molecule has 0 bridgehead atoms. The number of hydrogen-bond donors (Lipinski definition) is 2. The zero-order chi connectivity index (χ0) is 14.8. The lowest BCUT2D eigenvalue weighted by atomic mass is 10.1. The largest absolute Gasteiger partial charge is 0.377 e. The predicted octanol–water partition coefficient (Wildman–Crippen LogP) is 3.16. The minimum absolute atomic E-state index is 0.0998. The van der Waals surface area contributed by atoms with Crippen LogP contribution in [0.3, 0.4) is 0 Å². The molecule has 1 unspecified atom stereocenters. The number of para-hydroxylation sites is 1. The second-order valence-corrected chi connectivity index (χ2v) is 6.43. The molecule has 0 aromatic heterocycles. The summed E-state index contributed by atoms with van der Waals surface area (Å²) in [5, 5.41) is 8.98. The van der Waals surface area contributed by atoms with E-state index in [0.29, 0.717) is 5.02 Å². The Morgan fingerprint density at radius 3 is 2.50 bits per heavy atom. The van der Waals surface area contributed by atoms with Crippen molar-refractivity contribution >= 4 is 27.3 Å². The molecule has 20 heavy (non-hydrogen) atoms. The second-order valence-electron chi connectivity index (χ2n) is 4.46. The van der Waals surface area contributed by atoms with Crippen LogP contribution >= 0.6 is 11.6 Å². The zero-order valence-electron chi connectivity index (χ0n) is 10.9. The minimum Gasteiger partial charge on any atom is -0.377 e. The Morgan fingerprint density at radius 2 is 1.85 bits per heavy atom. The molecule has 2 aromatic carbocycles. The molecule has 0 aliphatic carbocycles. The van der Waals surface area contributed by atoms with Gasteiger partial charge in [-0.05, 0) is 36.8 Å². The van der Waals surface area contributed by atoms with E-state index in [1.807, 2.05) is 31.2 Å². The van der Waals surface area contributed by atoms with Gasteiger partial charge in [0.1, 0.15) is 0 Å². The molecule has 0 aliphatic rings. The molecule has 106 valence electrons. The summed E-state index contributed by atoms with van der Waals surface area (Å²) >= 11 is 6.08. The Bertz CT molecular complexity index is 717. The van der Waals surface area contributed by atoms with Crippen LogP contribution in [0.4, 0.5) is 5.69 Å². The molecular weight excluding hydrogens is 296 g/mol. The first-order valence-electron chi connectivity index (χ1n) is 6.02. The first kappa shape index (κ1) is 14.8. The van der Waals surface area contributed by atoms with Gasteiger partial charge in [0.25, 0.3) is 0 Å². The van der Waals surface area contributed by atoms with Crippen LogP contribution in [0.2, 0.25) is 5.02 Å². The van der Waals surface area contributed by atoms with E-state index < -0.39 is 10.0 Å². The highest BCUT2D eigenvalue weighted by Crippen LogP contribution is 2.26. The van der Waals surface area contributed by atoms with Crippen molar-refractivity contribution < 1.29 is 8.42 Å². The van der Waals surface area contributed by atoms with Crippen LogP contribution in [0.25, 0.3) is 0 Å². The Balaban J connectivity index is 2.26. The summed E-state index contributed by atoms with van der Waals surface area (Å²) in [6.07, 6.45) is 0. The van der Waals surface area contributed by atoms with Crippen LogP contribution in [-0.2, 0) is 10.0 Å². The fraction of sp³-hybridized carbons (Fsp3) is 0.143. The standard InChI is InChI=1S/C14H15ClN2O2S/c1-10(17-14-8-3-2-7-13(14)15)11-5-4-6-12(9-11)20(16,18)19/h2-10,17H,1H3,(H2,16,18,19). The van der Waals surface area contributed by atoms with Crippen molar-refractivity contribution in [3.05, 3.63) is 59.1 Å². The highest BCUT2D eigenvalue weighted by molar-refractivity contribution is 7.89. The Labute approximate surface area is 123 Å². The fourth-order valence-corrected chi connectivity index (χ4v) is 2.61. The zero-order valence-corrected chi connectivity index (χ0v) is 12.4. The first-order chi connectivity index (χ1) is 9.38. The van der Waals surface area contributed by atoms with E-state index in [4.69, 9.17) is 16.7 Å². The molecule has 2 rings (SSSR count). The second kappa shape index (κ2) is 5.83. The third-order valence-corrected chi connectivity index (χ3v) is 4.17. The predicted molar refractivity (Wildman–Crippen MR) is 81.3 cm³/mol. The number of rotatable bonds is 4. The number of nitrogens with one attached hydrogen (secondary N) is 1. The van der Waals surface area contributed by atoms with Gasteiger partial charge in [0.15, 0.2) is 0 Å². The smallest absolute Gasteiger partial charge is 0.238 e. The minimum atomic E-state index is -3.69. The number of anilines is 1. The van der Waals surface area contributed by atoms with Gasteiger partial charge in [-0.1, -0.05) is 35.9 Å².